The normalized spacial score (nSPS) is 19.5. The monoisotopic (exact) mass is 348 g/mol. The van der Waals surface area contributed by atoms with Crippen molar-refractivity contribution in [3.63, 3.8) is 0 Å². The molecule has 1 aromatic rings. The van der Waals surface area contributed by atoms with Gasteiger partial charge in [-0.1, -0.05) is 38.8 Å². The van der Waals surface area contributed by atoms with Crippen LogP contribution in [0.1, 0.15) is 25.3 Å². The first-order valence-corrected chi connectivity index (χ1v) is 7.46. The predicted octanol–water partition coefficient (Wildman–Crippen LogP) is 4.94. The molecule has 0 spiro atoms. The molecule has 2 rings (SSSR count). The van der Waals surface area contributed by atoms with E-state index in [0.717, 1.165) is 27.7 Å². The van der Waals surface area contributed by atoms with Crippen molar-refractivity contribution in [2.75, 3.05) is 5.33 Å². The van der Waals surface area contributed by atoms with Crippen molar-refractivity contribution in [2.24, 2.45) is 11.3 Å². The molecule has 1 aliphatic rings. The van der Waals surface area contributed by atoms with Crippen molar-refractivity contribution in [1.82, 2.24) is 0 Å². The average Bonchev–Trinajstić information content (AvgIpc) is 2.98. The van der Waals surface area contributed by atoms with Crippen LogP contribution in [0.5, 0.6) is 0 Å². The Kier molecular flexibility index (Phi) is 3.75. The smallest absolute Gasteiger partial charge is 0.124 e. The molecule has 88 valence electrons. The summed E-state index contributed by atoms with van der Waals surface area (Å²) in [5, 5.41) is 0.985. The van der Waals surface area contributed by atoms with E-state index in [9.17, 15) is 4.39 Å². The zero-order chi connectivity index (χ0) is 11.8. The Morgan fingerprint density at radius 3 is 2.56 bits per heavy atom. The summed E-state index contributed by atoms with van der Waals surface area (Å²) in [6.07, 6.45) is 3.58. The largest absolute Gasteiger partial charge is 0.207 e. The zero-order valence-corrected chi connectivity index (χ0v) is 12.4. The Morgan fingerprint density at radius 1 is 1.38 bits per heavy atom. The molecule has 0 nitrogen and oxygen atoms in total. The standard InChI is InChI=1S/C13H15Br2F/c1-13(8-14,10-2-3-10)7-9-4-11(15)6-12(16)5-9/h4-6,10H,2-3,7-8H2,1H3. The molecule has 1 aliphatic carbocycles. The molecule has 1 saturated carbocycles. The Hall–Kier alpha value is 0.110. The van der Waals surface area contributed by atoms with E-state index >= 15 is 0 Å². The third kappa shape index (κ3) is 2.86. The van der Waals surface area contributed by atoms with Crippen LogP contribution in [-0.4, -0.2) is 5.33 Å². The maximum absolute atomic E-state index is 13.3. The van der Waals surface area contributed by atoms with Gasteiger partial charge in [-0.15, -0.1) is 0 Å². The number of hydrogen-bond acceptors (Lipinski definition) is 0. The maximum Gasteiger partial charge on any atom is 0.124 e. The molecule has 0 radical (unpaired) electrons. The topological polar surface area (TPSA) is 0 Å². The van der Waals surface area contributed by atoms with Crippen LogP contribution in [0.15, 0.2) is 22.7 Å². The quantitative estimate of drug-likeness (QED) is 0.675. The second-order valence-electron chi connectivity index (χ2n) is 5.02. The summed E-state index contributed by atoms with van der Waals surface area (Å²) < 4.78 is 14.1. The third-order valence-electron chi connectivity index (χ3n) is 3.40. The van der Waals surface area contributed by atoms with Gasteiger partial charge in [0.1, 0.15) is 5.82 Å². The summed E-state index contributed by atoms with van der Waals surface area (Å²) in [4.78, 5) is 0. The van der Waals surface area contributed by atoms with Gasteiger partial charge < -0.3 is 0 Å². The maximum atomic E-state index is 13.3. The molecule has 0 saturated heterocycles. The minimum absolute atomic E-state index is 0.155. The number of alkyl halides is 1. The number of halogens is 3. The summed E-state index contributed by atoms with van der Waals surface area (Å²) in [5.74, 6) is 0.644. The van der Waals surface area contributed by atoms with Gasteiger partial charge in [-0.2, -0.15) is 0 Å². The van der Waals surface area contributed by atoms with Crippen LogP contribution >= 0.6 is 31.9 Å². The van der Waals surface area contributed by atoms with Gasteiger partial charge in [0.25, 0.3) is 0 Å². The van der Waals surface area contributed by atoms with E-state index in [0.29, 0.717) is 0 Å². The SMILES string of the molecule is CC(CBr)(Cc1cc(F)cc(Br)c1)C1CC1. The molecule has 1 unspecified atom stereocenters. The molecule has 0 amide bonds. The predicted molar refractivity (Wildman–Crippen MR) is 72.4 cm³/mol. The van der Waals surface area contributed by atoms with Crippen molar-refractivity contribution < 1.29 is 4.39 Å². The van der Waals surface area contributed by atoms with Gasteiger partial charge >= 0.3 is 0 Å². The number of hydrogen-bond donors (Lipinski definition) is 0. The highest BCUT2D eigenvalue weighted by Crippen LogP contribution is 2.48. The molecule has 1 fully saturated rings. The van der Waals surface area contributed by atoms with Gasteiger partial charge in [0.05, 0.1) is 0 Å². The molecule has 3 heteroatoms. The Morgan fingerprint density at radius 2 is 2.06 bits per heavy atom. The molecule has 0 aliphatic heterocycles. The Labute approximate surface area is 113 Å². The highest BCUT2D eigenvalue weighted by Gasteiger charge is 2.40. The van der Waals surface area contributed by atoms with E-state index in [2.05, 4.69) is 38.8 Å². The fourth-order valence-corrected chi connectivity index (χ4v) is 3.43. The Bertz CT molecular complexity index is 367. The molecule has 0 heterocycles. The first-order valence-electron chi connectivity index (χ1n) is 5.54. The lowest BCUT2D eigenvalue weighted by Gasteiger charge is -2.27. The minimum Gasteiger partial charge on any atom is -0.207 e. The van der Waals surface area contributed by atoms with E-state index in [1.165, 1.54) is 18.9 Å². The van der Waals surface area contributed by atoms with E-state index in [-0.39, 0.29) is 11.2 Å². The highest BCUT2D eigenvalue weighted by molar-refractivity contribution is 9.10. The van der Waals surface area contributed by atoms with Gasteiger partial charge in [0.15, 0.2) is 0 Å². The van der Waals surface area contributed by atoms with Gasteiger partial charge in [0, 0.05) is 9.80 Å². The molecular weight excluding hydrogens is 335 g/mol. The van der Waals surface area contributed by atoms with E-state index < -0.39 is 0 Å². The van der Waals surface area contributed by atoms with Gasteiger partial charge in [0.2, 0.25) is 0 Å². The van der Waals surface area contributed by atoms with Crippen LogP contribution < -0.4 is 0 Å². The first kappa shape index (κ1) is 12.6. The lowest BCUT2D eigenvalue weighted by Crippen LogP contribution is -2.24. The molecule has 0 bridgehead atoms. The lowest BCUT2D eigenvalue weighted by atomic mass is 9.81. The average molecular weight is 350 g/mol. The number of benzene rings is 1. The molecular formula is C13H15Br2F. The highest BCUT2D eigenvalue weighted by atomic mass is 79.9. The first-order chi connectivity index (χ1) is 7.53. The molecule has 1 atom stereocenters. The lowest BCUT2D eigenvalue weighted by molar-refractivity contribution is 0.318. The molecule has 0 N–H and O–H groups in total. The van der Waals surface area contributed by atoms with E-state index in [1.807, 2.05) is 6.07 Å². The van der Waals surface area contributed by atoms with Crippen LogP contribution in [0.3, 0.4) is 0 Å². The van der Waals surface area contributed by atoms with Gasteiger partial charge in [-0.05, 0) is 54.4 Å². The van der Waals surface area contributed by atoms with Crippen molar-refractivity contribution in [1.29, 1.82) is 0 Å². The van der Waals surface area contributed by atoms with Crippen LogP contribution in [-0.2, 0) is 6.42 Å². The minimum atomic E-state index is -0.155. The second kappa shape index (κ2) is 4.77. The summed E-state index contributed by atoms with van der Waals surface area (Å²) >= 11 is 6.94. The summed E-state index contributed by atoms with van der Waals surface area (Å²) in [5.41, 5.74) is 1.36. The second-order valence-corrected chi connectivity index (χ2v) is 6.49. The molecule has 16 heavy (non-hydrogen) atoms. The summed E-state index contributed by atoms with van der Waals surface area (Å²) in [6.45, 7) is 2.29. The van der Waals surface area contributed by atoms with Crippen LogP contribution in [0.25, 0.3) is 0 Å². The van der Waals surface area contributed by atoms with Crippen molar-refractivity contribution >= 4 is 31.9 Å². The zero-order valence-electron chi connectivity index (χ0n) is 9.27. The summed E-state index contributed by atoms with van der Waals surface area (Å²) in [6, 6.07) is 5.17. The number of rotatable bonds is 4. The van der Waals surface area contributed by atoms with Gasteiger partial charge in [-0.3, -0.25) is 0 Å². The fourth-order valence-electron chi connectivity index (χ4n) is 2.26. The molecule has 0 aromatic heterocycles. The summed E-state index contributed by atoms with van der Waals surface area (Å²) in [7, 11) is 0. The van der Waals surface area contributed by atoms with Crippen molar-refractivity contribution in [3.05, 3.63) is 34.1 Å². The van der Waals surface area contributed by atoms with Crippen LogP contribution in [0.2, 0.25) is 0 Å². The van der Waals surface area contributed by atoms with Crippen LogP contribution in [0, 0.1) is 17.2 Å². The Balaban J connectivity index is 2.18. The van der Waals surface area contributed by atoms with E-state index in [1.54, 1.807) is 6.07 Å². The van der Waals surface area contributed by atoms with Crippen molar-refractivity contribution in [2.45, 2.75) is 26.2 Å². The molecule has 1 aromatic carbocycles. The third-order valence-corrected chi connectivity index (χ3v) is 5.14. The van der Waals surface area contributed by atoms with Crippen molar-refractivity contribution in [3.8, 4) is 0 Å². The van der Waals surface area contributed by atoms with Crippen LogP contribution in [0.4, 0.5) is 4.39 Å². The van der Waals surface area contributed by atoms with Gasteiger partial charge in [-0.25, -0.2) is 4.39 Å². The van der Waals surface area contributed by atoms with E-state index in [4.69, 9.17) is 0 Å². The fraction of sp³-hybridized carbons (Fsp3) is 0.538.